The molecular weight excluding hydrogens is 285 g/mol. The average Bonchev–Trinajstić information content (AvgIpc) is 2.33. The van der Waals surface area contributed by atoms with E-state index in [1.165, 1.54) is 0 Å². The zero-order chi connectivity index (χ0) is 15.2. The number of hydrogen-bond acceptors (Lipinski definition) is 3. The van der Waals surface area contributed by atoms with Crippen molar-refractivity contribution in [2.75, 3.05) is 19.8 Å². The van der Waals surface area contributed by atoms with Gasteiger partial charge in [-0.3, -0.25) is 4.74 Å². The third kappa shape index (κ3) is 5.70. The highest BCUT2D eigenvalue weighted by atomic mass is 19.4. The zero-order valence-electron chi connectivity index (χ0n) is 10.7. The molecule has 0 radical (unpaired) electrons. The Morgan fingerprint density at radius 2 is 1.70 bits per heavy atom. The van der Waals surface area contributed by atoms with Crippen molar-refractivity contribution in [1.82, 2.24) is 5.32 Å². The Balaban J connectivity index is 2.58. The second-order valence-corrected chi connectivity index (χ2v) is 3.81. The number of alkyl halides is 3. The van der Waals surface area contributed by atoms with Crippen LogP contribution >= 0.6 is 0 Å². The van der Waals surface area contributed by atoms with Gasteiger partial charge in [-0.2, -0.15) is 0 Å². The van der Waals surface area contributed by atoms with Crippen molar-refractivity contribution < 1.29 is 31.4 Å². The normalized spacial score (nSPS) is 11.7. The molecule has 0 aliphatic carbocycles. The lowest BCUT2D eigenvalue weighted by Crippen LogP contribution is -2.18. The first-order valence-electron chi connectivity index (χ1n) is 5.85. The van der Waals surface area contributed by atoms with Crippen LogP contribution in [-0.4, -0.2) is 26.1 Å². The summed E-state index contributed by atoms with van der Waals surface area (Å²) in [5.74, 6) is -2.65. The monoisotopic (exact) mass is 299 g/mol. The number of ether oxygens (including phenoxy) is 2. The summed E-state index contributed by atoms with van der Waals surface area (Å²) in [6.45, 7) is 1.30. The Hall–Kier alpha value is -1.41. The standard InChI is InChI=1S/C12H14F5NO2/c1-2-18-7-8-5-9(13)11(10(14)6-8)19-3-4-20-12(15,16)17/h5-6,18H,2-4,7H2,1H3. The van der Waals surface area contributed by atoms with Gasteiger partial charge in [0.2, 0.25) is 0 Å². The number of rotatable bonds is 7. The Kier molecular flexibility index (Phi) is 6.15. The third-order valence-corrected chi connectivity index (χ3v) is 2.23. The van der Waals surface area contributed by atoms with Crippen molar-refractivity contribution in [3.8, 4) is 5.75 Å². The van der Waals surface area contributed by atoms with E-state index in [4.69, 9.17) is 0 Å². The molecule has 0 unspecified atom stereocenters. The summed E-state index contributed by atoms with van der Waals surface area (Å²) in [5.41, 5.74) is 0.376. The molecule has 8 heteroatoms. The van der Waals surface area contributed by atoms with Crippen molar-refractivity contribution in [1.29, 1.82) is 0 Å². The topological polar surface area (TPSA) is 30.5 Å². The SMILES string of the molecule is CCNCc1cc(F)c(OCCOC(F)(F)F)c(F)c1. The fourth-order valence-electron chi connectivity index (χ4n) is 1.42. The molecule has 0 saturated carbocycles. The van der Waals surface area contributed by atoms with Crippen LogP contribution in [0.2, 0.25) is 0 Å². The molecule has 0 amide bonds. The quantitative estimate of drug-likeness (QED) is 0.620. The van der Waals surface area contributed by atoms with Gasteiger partial charge in [0, 0.05) is 6.54 Å². The molecule has 0 heterocycles. The minimum atomic E-state index is -4.80. The molecule has 0 spiro atoms. The van der Waals surface area contributed by atoms with Crippen molar-refractivity contribution in [2.45, 2.75) is 19.8 Å². The van der Waals surface area contributed by atoms with Gasteiger partial charge < -0.3 is 10.1 Å². The molecule has 3 nitrogen and oxygen atoms in total. The molecule has 0 saturated heterocycles. The van der Waals surface area contributed by atoms with Gasteiger partial charge in [0.15, 0.2) is 17.4 Å². The lowest BCUT2D eigenvalue weighted by molar-refractivity contribution is -0.325. The van der Waals surface area contributed by atoms with E-state index < -0.39 is 37.0 Å². The van der Waals surface area contributed by atoms with E-state index in [0.717, 1.165) is 12.1 Å². The van der Waals surface area contributed by atoms with Crippen LogP contribution in [0.15, 0.2) is 12.1 Å². The van der Waals surface area contributed by atoms with Gasteiger partial charge in [-0.1, -0.05) is 6.92 Å². The van der Waals surface area contributed by atoms with Gasteiger partial charge in [0.25, 0.3) is 0 Å². The summed E-state index contributed by atoms with van der Waals surface area (Å²) in [7, 11) is 0. The van der Waals surface area contributed by atoms with Crippen molar-refractivity contribution >= 4 is 0 Å². The maximum atomic E-state index is 13.5. The van der Waals surface area contributed by atoms with E-state index in [-0.39, 0.29) is 6.54 Å². The molecule has 0 fully saturated rings. The van der Waals surface area contributed by atoms with Gasteiger partial charge in [-0.15, -0.1) is 13.2 Å². The third-order valence-electron chi connectivity index (χ3n) is 2.23. The van der Waals surface area contributed by atoms with E-state index in [1.54, 1.807) is 0 Å². The molecule has 1 N–H and O–H groups in total. The van der Waals surface area contributed by atoms with Crippen LogP contribution in [0.25, 0.3) is 0 Å². The molecule has 20 heavy (non-hydrogen) atoms. The molecule has 0 aliphatic rings. The van der Waals surface area contributed by atoms with E-state index in [9.17, 15) is 22.0 Å². The highest BCUT2D eigenvalue weighted by Gasteiger charge is 2.28. The summed E-state index contributed by atoms with van der Waals surface area (Å²) in [5, 5.41) is 2.89. The molecule has 0 aliphatic heterocycles. The van der Waals surface area contributed by atoms with Gasteiger partial charge >= 0.3 is 6.36 Å². The Morgan fingerprint density at radius 1 is 1.10 bits per heavy atom. The summed E-state index contributed by atoms with van der Waals surface area (Å²) in [6, 6.07) is 2.12. The fraction of sp³-hybridized carbons (Fsp3) is 0.500. The van der Waals surface area contributed by atoms with E-state index in [0.29, 0.717) is 12.1 Å². The highest BCUT2D eigenvalue weighted by Crippen LogP contribution is 2.23. The van der Waals surface area contributed by atoms with Crippen LogP contribution < -0.4 is 10.1 Å². The van der Waals surface area contributed by atoms with Crippen LogP contribution in [0, 0.1) is 11.6 Å². The van der Waals surface area contributed by atoms with Crippen molar-refractivity contribution in [3.63, 3.8) is 0 Å². The van der Waals surface area contributed by atoms with Gasteiger partial charge in [-0.25, -0.2) is 8.78 Å². The average molecular weight is 299 g/mol. The predicted octanol–water partition coefficient (Wildman–Crippen LogP) is 2.99. The molecule has 0 bridgehead atoms. The number of benzene rings is 1. The van der Waals surface area contributed by atoms with Crippen LogP contribution in [0.1, 0.15) is 12.5 Å². The first-order chi connectivity index (χ1) is 9.33. The second kappa shape index (κ2) is 7.39. The largest absolute Gasteiger partial charge is 0.522 e. The molecule has 114 valence electrons. The summed E-state index contributed by atoms with van der Waals surface area (Å²) in [4.78, 5) is 0. The molecule has 0 atom stereocenters. The van der Waals surface area contributed by atoms with E-state index >= 15 is 0 Å². The molecule has 1 rings (SSSR count). The number of hydrogen-bond donors (Lipinski definition) is 1. The molecule has 0 aromatic heterocycles. The summed E-state index contributed by atoms with van der Waals surface area (Å²) in [6.07, 6.45) is -4.80. The van der Waals surface area contributed by atoms with E-state index in [2.05, 4.69) is 14.8 Å². The van der Waals surface area contributed by atoms with Crippen LogP contribution in [0.5, 0.6) is 5.75 Å². The highest BCUT2D eigenvalue weighted by molar-refractivity contribution is 5.31. The van der Waals surface area contributed by atoms with Gasteiger partial charge in [-0.05, 0) is 24.2 Å². The first kappa shape index (κ1) is 16.6. The zero-order valence-corrected chi connectivity index (χ0v) is 10.7. The molecule has 1 aromatic rings. The maximum Gasteiger partial charge on any atom is 0.522 e. The maximum absolute atomic E-state index is 13.5. The smallest absolute Gasteiger partial charge is 0.485 e. The number of nitrogens with one attached hydrogen (secondary N) is 1. The first-order valence-corrected chi connectivity index (χ1v) is 5.85. The summed E-state index contributed by atoms with van der Waals surface area (Å²) >= 11 is 0. The Morgan fingerprint density at radius 3 is 2.20 bits per heavy atom. The number of halogens is 5. The minimum absolute atomic E-state index is 0.280. The van der Waals surface area contributed by atoms with Crippen molar-refractivity contribution in [2.24, 2.45) is 0 Å². The van der Waals surface area contributed by atoms with Gasteiger partial charge in [0.05, 0.1) is 6.61 Å². The van der Waals surface area contributed by atoms with Crippen LogP contribution in [-0.2, 0) is 11.3 Å². The minimum Gasteiger partial charge on any atom is -0.485 e. The van der Waals surface area contributed by atoms with Crippen LogP contribution in [0.4, 0.5) is 22.0 Å². The Labute approximate surface area is 112 Å². The lowest BCUT2D eigenvalue weighted by Gasteiger charge is -2.11. The predicted molar refractivity (Wildman–Crippen MR) is 61.2 cm³/mol. The van der Waals surface area contributed by atoms with Crippen molar-refractivity contribution in [3.05, 3.63) is 29.3 Å². The van der Waals surface area contributed by atoms with Gasteiger partial charge in [0.1, 0.15) is 6.61 Å². The summed E-state index contributed by atoms with van der Waals surface area (Å²) < 4.78 is 70.2. The second-order valence-electron chi connectivity index (χ2n) is 3.81. The van der Waals surface area contributed by atoms with Crippen LogP contribution in [0.3, 0.4) is 0 Å². The Bertz CT molecular complexity index is 413. The van der Waals surface area contributed by atoms with E-state index in [1.807, 2.05) is 6.92 Å². The lowest BCUT2D eigenvalue weighted by atomic mass is 10.2. The molecular formula is C12H14F5NO2. The molecule has 1 aromatic carbocycles. The fourth-order valence-corrected chi connectivity index (χ4v) is 1.42.